The third-order valence-electron chi connectivity index (χ3n) is 3.20. The predicted molar refractivity (Wildman–Crippen MR) is 69.4 cm³/mol. The minimum atomic E-state index is -1.09. The van der Waals surface area contributed by atoms with Gasteiger partial charge in [-0.1, -0.05) is 12.1 Å². The van der Waals surface area contributed by atoms with Gasteiger partial charge in [0, 0.05) is 13.0 Å². The Morgan fingerprint density at radius 2 is 2.26 bits per heavy atom. The Labute approximate surface area is 111 Å². The van der Waals surface area contributed by atoms with Crippen LogP contribution in [0.5, 0.6) is 5.75 Å². The molecule has 0 saturated carbocycles. The number of ether oxygens (including phenoxy) is 1. The largest absolute Gasteiger partial charge is 0.478 e. The van der Waals surface area contributed by atoms with Crippen LogP contribution in [0.3, 0.4) is 0 Å². The van der Waals surface area contributed by atoms with Crippen molar-refractivity contribution in [2.45, 2.75) is 32.2 Å². The van der Waals surface area contributed by atoms with Crippen molar-refractivity contribution < 1.29 is 19.4 Å². The SMILES string of the molecule is CC(=O)Oc1c(CC2CCCN2)cccc1C(=O)O. The minimum absolute atomic E-state index is 0.0331. The molecule has 5 nitrogen and oxygen atoms in total. The van der Waals surface area contributed by atoms with Gasteiger partial charge in [-0.05, 0) is 37.4 Å². The molecule has 2 rings (SSSR count). The molecule has 1 aliphatic rings. The molecule has 0 radical (unpaired) electrons. The summed E-state index contributed by atoms with van der Waals surface area (Å²) < 4.78 is 5.10. The molecule has 19 heavy (non-hydrogen) atoms. The first-order chi connectivity index (χ1) is 9.08. The highest BCUT2D eigenvalue weighted by Crippen LogP contribution is 2.27. The molecule has 0 aromatic heterocycles. The molecular formula is C14H17NO4. The molecule has 1 aromatic carbocycles. The van der Waals surface area contributed by atoms with Crippen LogP contribution in [0.4, 0.5) is 0 Å². The number of carboxylic acid groups (broad SMARTS) is 1. The van der Waals surface area contributed by atoms with Crippen LogP contribution in [0.25, 0.3) is 0 Å². The standard InChI is InChI=1S/C14H17NO4/c1-9(16)19-13-10(8-11-5-3-7-15-11)4-2-6-12(13)14(17)18/h2,4,6,11,15H,3,5,7-8H2,1H3,(H,17,18). The summed E-state index contributed by atoms with van der Waals surface area (Å²) in [6.45, 7) is 2.25. The summed E-state index contributed by atoms with van der Waals surface area (Å²) in [5.74, 6) is -1.41. The zero-order valence-corrected chi connectivity index (χ0v) is 10.8. The lowest BCUT2D eigenvalue weighted by atomic mass is 10.0. The number of para-hydroxylation sites is 1. The van der Waals surface area contributed by atoms with Gasteiger partial charge in [0.05, 0.1) is 0 Å². The Kier molecular flexibility index (Phi) is 4.16. The smallest absolute Gasteiger partial charge is 0.339 e. The number of carbonyl (C=O) groups excluding carboxylic acids is 1. The summed E-state index contributed by atoms with van der Waals surface area (Å²) in [7, 11) is 0. The number of aromatic carboxylic acids is 1. The Morgan fingerprint density at radius 3 is 2.84 bits per heavy atom. The van der Waals surface area contributed by atoms with Crippen molar-refractivity contribution in [2.24, 2.45) is 0 Å². The molecule has 1 fully saturated rings. The fraction of sp³-hybridized carbons (Fsp3) is 0.429. The van der Waals surface area contributed by atoms with Gasteiger partial charge in [-0.3, -0.25) is 4.79 Å². The zero-order valence-electron chi connectivity index (χ0n) is 10.8. The van der Waals surface area contributed by atoms with Gasteiger partial charge < -0.3 is 15.2 Å². The summed E-state index contributed by atoms with van der Waals surface area (Å²) in [6, 6.07) is 5.26. The summed E-state index contributed by atoms with van der Waals surface area (Å²) >= 11 is 0. The maximum Gasteiger partial charge on any atom is 0.339 e. The number of carboxylic acids is 1. The highest BCUT2D eigenvalue weighted by Gasteiger charge is 2.21. The topological polar surface area (TPSA) is 75.6 Å². The first-order valence-corrected chi connectivity index (χ1v) is 6.35. The molecule has 0 aliphatic carbocycles. The van der Waals surface area contributed by atoms with E-state index in [0.717, 1.165) is 24.9 Å². The first-order valence-electron chi connectivity index (χ1n) is 6.35. The quantitative estimate of drug-likeness (QED) is 0.637. The number of esters is 1. The lowest BCUT2D eigenvalue weighted by Gasteiger charge is -2.15. The molecule has 0 amide bonds. The number of benzene rings is 1. The van der Waals surface area contributed by atoms with Crippen molar-refractivity contribution in [1.29, 1.82) is 0 Å². The van der Waals surface area contributed by atoms with Crippen LogP contribution in [0, 0.1) is 0 Å². The van der Waals surface area contributed by atoms with E-state index in [1.807, 2.05) is 6.07 Å². The van der Waals surface area contributed by atoms with Gasteiger partial charge in [0.1, 0.15) is 11.3 Å². The molecule has 0 spiro atoms. The van der Waals surface area contributed by atoms with Crippen molar-refractivity contribution in [1.82, 2.24) is 5.32 Å². The van der Waals surface area contributed by atoms with Crippen molar-refractivity contribution in [3.63, 3.8) is 0 Å². The lowest BCUT2D eigenvalue weighted by molar-refractivity contribution is -0.131. The Morgan fingerprint density at radius 1 is 1.47 bits per heavy atom. The van der Waals surface area contributed by atoms with Gasteiger partial charge in [-0.15, -0.1) is 0 Å². The Hall–Kier alpha value is -1.88. The van der Waals surface area contributed by atoms with Gasteiger partial charge in [-0.2, -0.15) is 0 Å². The van der Waals surface area contributed by atoms with E-state index in [-0.39, 0.29) is 11.3 Å². The van der Waals surface area contributed by atoms with Gasteiger partial charge >= 0.3 is 11.9 Å². The van der Waals surface area contributed by atoms with E-state index in [0.29, 0.717) is 12.5 Å². The molecule has 5 heteroatoms. The highest BCUT2D eigenvalue weighted by molar-refractivity contribution is 5.92. The molecule has 1 heterocycles. The predicted octanol–water partition coefficient (Wildman–Crippen LogP) is 1.60. The van der Waals surface area contributed by atoms with Crippen LogP contribution in [-0.2, 0) is 11.2 Å². The van der Waals surface area contributed by atoms with E-state index in [4.69, 9.17) is 9.84 Å². The van der Waals surface area contributed by atoms with Gasteiger partial charge in [0.25, 0.3) is 0 Å². The molecule has 1 aromatic rings. The molecule has 1 unspecified atom stereocenters. The molecule has 1 atom stereocenters. The molecular weight excluding hydrogens is 246 g/mol. The highest BCUT2D eigenvalue weighted by atomic mass is 16.5. The first kappa shape index (κ1) is 13.5. The van der Waals surface area contributed by atoms with E-state index < -0.39 is 11.9 Å². The molecule has 1 aliphatic heterocycles. The summed E-state index contributed by atoms with van der Waals surface area (Å²) in [6.07, 6.45) is 2.84. The van der Waals surface area contributed by atoms with Crippen molar-refractivity contribution in [3.8, 4) is 5.75 Å². The summed E-state index contributed by atoms with van der Waals surface area (Å²) in [5.41, 5.74) is 0.792. The van der Waals surface area contributed by atoms with E-state index in [2.05, 4.69) is 5.32 Å². The van der Waals surface area contributed by atoms with Crippen LogP contribution >= 0.6 is 0 Å². The van der Waals surface area contributed by atoms with Crippen LogP contribution in [-0.4, -0.2) is 29.6 Å². The number of carbonyl (C=O) groups is 2. The fourth-order valence-electron chi connectivity index (χ4n) is 2.37. The second kappa shape index (κ2) is 5.84. The maximum absolute atomic E-state index is 11.2. The van der Waals surface area contributed by atoms with Crippen LogP contribution in [0.1, 0.15) is 35.7 Å². The lowest BCUT2D eigenvalue weighted by Crippen LogP contribution is -2.24. The molecule has 1 saturated heterocycles. The minimum Gasteiger partial charge on any atom is -0.478 e. The monoisotopic (exact) mass is 263 g/mol. The van der Waals surface area contributed by atoms with Crippen LogP contribution in [0.2, 0.25) is 0 Å². The van der Waals surface area contributed by atoms with E-state index >= 15 is 0 Å². The number of nitrogens with one attached hydrogen (secondary N) is 1. The van der Waals surface area contributed by atoms with Gasteiger partial charge in [0.2, 0.25) is 0 Å². The van der Waals surface area contributed by atoms with Gasteiger partial charge in [-0.25, -0.2) is 4.79 Å². The Bertz CT molecular complexity index is 492. The van der Waals surface area contributed by atoms with Crippen molar-refractivity contribution in [2.75, 3.05) is 6.54 Å². The third kappa shape index (κ3) is 3.32. The average molecular weight is 263 g/mol. The second-order valence-electron chi connectivity index (χ2n) is 4.69. The van der Waals surface area contributed by atoms with Gasteiger partial charge in [0.15, 0.2) is 0 Å². The second-order valence-corrected chi connectivity index (χ2v) is 4.69. The normalized spacial score (nSPS) is 18.3. The van der Waals surface area contributed by atoms with Crippen LogP contribution in [0.15, 0.2) is 18.2 Å². The van der Waals surface area contributed by atoms with Crippen molar-refractivity contribution in [3.05, 3.63) is 29.3 Å². The van der Waals surface area contributed by atoms with E-state index in [1.54, 1.807) is 6.07 Å². The number of hydrogen-bond donors (Lipinski definition) is 2. The maximum atomic E-state index is 11.2. The van der Waals surface area contributed by atoms with E-state index in [1.165, 1.54) is 13.0 Å². The van der Waals surface area contributed by atoms with E-state index in [9.17, 15) is 9.59 Å². The molecule has 102 valence electrons. The average Bonchev–Trinajstić information content (AvgIpc) is 2.83. The van der Waals surface area contributed by atoms with Crippen LogP contribution < -0.4 is 10.1 Å². The van der Waals surface area contributed by atoms with Crippen molar-refractivity contribution >= 4 is 11.9 Å². The fourth-order valence-corrected chi connectivity index (χ4v) is 2.37. The molecule has 0 bridgehead atoms. The number of rotatable bonds is 4. The number of hydrogen-bond acceptors (Lipinski definition) is 4. The summed E-state index contributed by atoms with van der Waals surface area (Å²) in [4.78, 5) is 22.3. The Balaban J connectivity index is 2.31. The molecule has 2 N–H and O–H groups in total. The third-order valence-corrected chi connectivity index (χ3v) is 3.20. The summed E-state index contributed by atoms with van der Waals surface area (Å²) in [5, 5.41) is 12.5. The zero-order chi connectivity index (χ0) is 13.8.